The molecule has 0 aliphatic carbocycles. The number of hydrogen-bond acceptors (Lipinski definition) is 3. The van der Waals surface area contributed by atoms with E-state index in [0.717, 1.165) is 22.1 Å². The Kier molecular flexibility index (Phi) is 6.98. The van der Waals surface area contributed by atoms with Gasteiger partial charge in [-0.1, -0.05) is 72.3 Å². The summed E-state index contributed by atoms with van der Waals surface area (Å²) in [7, 11) is -3.55. The minimum Gasteiger partial charge on any atom is -0.261 e. The van der Waals surface area contributed by atoms with Crippen LogP contribution in [0.15, 0.2) is 83.8 Å². The number of nitrogens with zero attached hydrogens (tertiary/aromatic N) is 2. The Bertz CT molecular complexity index is 1490. The van der Waals surface area contributed by atoms with E-state index < -0.39 is 27.6 Å². The Labute approximate surface area is 211 Å². The van der Waals surface area contributed by atoms with Gasteiger partial charge in [0, 0.05) is 23.9 Å². The van der Waals surface area contributed by atoms with E-state index in [1.165, 1.54) is 36.4 Å². The molecule has 0 aliphatic rings. The highest BCUT2D eigenvalue weighted by atomic mass is 32.2. The third-order valence-corrected chi connectivity index (χ3v) is 7.09. The predicted octanol–water partition coefficient (Wildman–Crippen LogP) is 6.83. The maximum atomic E-state index is 15.2. The molecular weight excluding hydrogens is 511 g/mol. The molecule has 0 N–H and O–H groups in total. The van der Waals surface area contributed by atoms with Crippen LogP contribution < -0.4 is 0 Å². The molecule has 0 radical (unpaired) electrons. The highest BCUT2D eigenvalue weighted by molar-refractivity contribution is 7.90. The summed E-state index contributed by atoms with van der Waals surface area (Å²) in [5, 5.41) is 4.25. The number of aromatic nitrogens is 2. The van der Waals surface area contributed by atoms with Gasteiger partial charge < -0.3 is 0 Å². The molecule has 4 nitrogen and oxygen atoms in total. The second-order valence-corrected chi connectivity index (χ2v) is 10.8. The SMILES string of the molecule is Cc1ccc(-c2c(-c3ccc(S(C)(=O)=O)cc3)nn(CCc3ccccc3)c2C(F)(F)C(F)(F)F)cc1. The number of aryl methyl sites for hydroxylation is 3. The van der Waals surface area contributed by atoms with Gasteiger partial charge in [-0.15, -0.1) is 0 Å². The molecule has 10 heteroatoms. The summed E-state index contributed by atoms with van der Waals surface area (Å²) < 4.78 is 96.1. The van der Waals surface area contributed by atoms with Gasteiger partial charge in [-0.25, -0.2) is 8.42 Å². The molecule has 0 amide bonds. The van der Waals surface area contributed by atoms with E-state index in [1.54, 1.807) is 49.4 Å². The lowest BCUT2D eigenvalue weighted by molar-refractivity contribution is -0.291. The summed E-state index contributed by atoms with van der Waals surface area (Å²) in [6.45, 7) is 1.54. The first-order valence-corrected chi connectivity index (χ1v) is 13.2. The van der Waals surface area contributed by atoms with E-state index in [2.05, 4.69) is 5.10 Å². The van der Waals surface area contributed by atoms with Crippen molar-refractivity contribution in [1.29, 1.82) is 0 Å². The standard InChI is InChI=1S/C27H23F5N2O2S/c1-18-8-10-20(11-9-18)23-24(21-12-14-22(15-13-21)37(2,35)36)33-34(17-16-19-6-4-3-5-7-19)25(23)26(28,29)27(30,31)32/h3-15H,16-17H2,1-2H3. The van der Waals surface area contributed by atoms with Crippen LogP contribution in [-0.4, -0.2) is 30.6 Å². The zero-order valence-corrected chi connectivity index (χ0v) is 20.7. The zero-order valence-electron chi connectivity index (χ0n) is 19.9. The summed E-state index contributed by atoms with van der Waals surface area (Å²) >= 11 is 0. The fraction of sp³-hybridized carbons (Fsp3) is 0.222. The molecule has 0 unspecified atom stereocenters. The molecule has 4 rings (SSSR count). The highest BCUT2D eigenvalue weighted by Gasteiger charge is 2.62. The van der Waals surface area contributed by atoms with E-state index in [9.17, 15) is 21.6 Å². The van der Waals surface area contributed by atoms with Gasteiger partial charge in [0.25, 0.3) is 0 Å². The van der Waals surface area contributed by atoms with Crippen molar-refractivity contribution in [1.82, 2.24) is 9.78 Å². The maximum Gasteiger partial charge on any atom is 0.459 e. The molecule has 1 aromatic heterocycles. The van der Waals surface area contributed by atoms with Gasteiger partial charge in [0.05, 0.1) is 4.90 Å². The van der Waals surface area contributed by atoms with E-state index in [-0.39, 0.29) is 40.2 Å². The van der Waals surface area contributed by atoms with Crippen LogP contribution in [0.25, 0.3) is 22.4 Å². The van der Waals surface area contributed by atoms with Crippen LogP contribution in [0.4, 0.5) is 22.0 Å². The summed E-state index contributed by atoms with van der Waals surface area (Å²) in [4.78, 5) is -0.0162. The van der Waals surface area contributed by atoms with E-state index in [4.69, 9.17) is 0 Å². The van der Waals surface area contributed by atoms with Gasteiger partial charge in [-0.3, -0.25) is 4.68 Å². The van der Waals surface area contributed by atoms with Crippen molar-refractivity contribution in [2.24, 2.45) is 0 Å². The van der Waals surface area contributed by atoms with Gasteiger partial charge in [0.15, 0.2) is 9.84 Å². The minimum atomic E-state index is -5.87. The van der Waals surface area contributed by atoms with Gasteiger partial charge in [-0.05, 0) is 36.6 Å². The summed E-state index contributed by atoms with van der Waals surface area (Å²) in [5.74, 6) is -5.21. The molecule has 0 saturated heterocycles. The first kappa shape index (κ1) is 26.5. The summed E-state index contributed by atoms with van der Waals surface area (Å²) in [6, 6.07) is 20.2. The zero-order chi connectivity index (χ0) is 27.0. The lowest BCUT2D eigenvalue weighted by Gasteiger charge is -2.22. The molecule has 1 heterocycles. The Morgan fingerprint density at radius 2 is 1.38 bits per heavy atom. The molecule has 0 aliphatic heterocycles. The van der Waals surface area contributed by atoms with Crippen molar-refractivity contribution < 1.29 is 30.4 Å². The number of alkyl halides is 5. The molecule has 0 saturated carbocycles. The lowest BCUT2D eigenvalue weighted by Crippen LogP contribution is -2.36. The third-order valence-electron chi connectivity index (χ3n) is 5.96. The number of benzene rings is 3. The predicted molar refractivity (Wildman–Crippen MR) is 131 cm³/mol. The molecule has 0 atom stereocenters. The molecule has 37 heavy (non-hydrogen) atoms. The number of hydrogen-bond donors (Lipinski definition) is 0. The van der Waals surface area contributed by atoms with Crippen LogP contribution in [0.1, 0.15) is 16.8 Å². The Balaban J connectivity index is 1.98. The fourth-order valence-corrected chi connectivity index (χ4v) is 4.64. The van der Waals surface area contributed by atoms with Crippen LogP contribution >= 0.6 is 0 Å². The van der Waals surface area contributed by atoms with Crippen molar-refractivity contribution in [3.63, 3.8) is 0 Å². The van der Waals surface area contributed by atoms with Gasteiger partial charge in [0.2, 0.25) is 0 Å². The topological polar surface area (TPSA) is 52.0 Å². The Morgan fingerprint density at radius 3 is 1.92 bits per heavy atom. The van der Waals surface area contributed by atoms with Gasteiger partial charge in [-0.2, -0.15) is 27.1 Å². The monoisotopic (exact) mass is 534 g/mol. The van der Waals surface area contributed by atoms with Gasteiger partial charge in [0.1, 0.15) is 11.4 Å². The fourth-order valence-electron chi connectivity index (χ4n) is 4.01. The molecular formula is C27H23F5N2O2S. The highest BCUT2D eigenvalue weighted by Crippen LogP contribution is 2.49. The van der Waals surface area contributed by atoms with Crippen molar-refractivity contribution in [3.8, 4) is 22.4 Å². The average Bonchev–Trinajstić information content (AvgIpc) is 3.23. The van der Waals surface area contributed by atoms with Crippen LogP contribution in [0.3, 0.4) is 0 Å². The first-order chi connectivity index (χ1) is 17.3. The molecule has 4 aromatic rings. The summed E-state index contributed by atoms with van der Waals surface area (Å²) in [5.41, 5.74) is 0.164. The number of halogens is 5. The largest absolute Gasteiger partial charge is 0.459 e. The van der Waals surface area contributed by atoms with Crippen LogP contribution in [0, 0.1) is 6.92 Å². The number of rotatable bonds is 7. The Morgan fingerprint density at radius 1 is 0.811 bits per heavy atom. The van der Waals surface area contributed by atoms with E-state index in [1.807, 2.05) is 0 Å². The summed E-state index contributed by atoms with van der Waals surface area (Å²) in [6.07, 6.45) is -4.68. The van der Waals surface area contributed by atoms with E-state index >= 15 is 8.78 Å². The number of sulfone groups is 1. The molecule has 194 valence electrons. The van der Waals surface area contributed by atoms with Crippen molar-refractivity contribution in [2.75, 3.05) is 6.26 Å². The lowest BCUT2D eigenvalue weighted by atomic mass is 9.95. The third kappa shape index (κ3) is 5.44. The quantitative estimate of drug-likeness (QED) is 0.244. The van der Waals surface area contributed by atoms with Crippen LogP contribution in [-0.2, 0) is 28.7 Å². The minimum absolute atomic E-state index is 0.0162. The second-order valence-electron chi connectivity index (χ2n) is 8.77. The van der Waals surface area contributed by atoms with Crippen molar-refractivity contribution in [2.45, 2.75) is 36.9 Å². The smallest absolute Gasteiger partial charge is 0.261 e. The normalized spacial score (nSPS) is 12.6. The van der Waals surface area contributed by atoms with Crippen molar-refractivity contribution in [3.05, 3.63) is 95.7 Å². The Hall–Kier alpha value is -3.53. The maximum absolute atomic E-state index is 15.2. The van der Waals surface area contributed by atoms with Crippen LogP contribution in [0.5, 0.6) is 0 Å². The van der Waals surface area contributed by atoms with E-state index in [0.29, 0.717) is 0 Å². The molecule has 0 fully saturated rings. The van der Waals surface area contributed by atoms with Crippen LogP contribution in [0.2, 0.25) is 0 Å². The molecule has 0 bridgehead atoms. The van der Waals surface area contributed by atoms with Crippen molar-refractivity contribution >= 4 is 9.84 Å². The van der Waals surface area contributed by atoms with Gasteiger partial charge >= 0.3 is 12.1 Å². The second kappa shape index (κ2) is 9.74. The first-order valence-electron chi connectivity index (χ1n) is 11.3. The molecule has 3 aromatic carbocycles. The molecule has 0 spiro atoms. The average molecular weight is 535 g/mol.